The molecule has 0 fully saturated rings. The second-order valence-electron chi connectivity index (χ2n) is 5.06. The summed E-state index contributed by atoms with van der Waals surface area (Å²) in [6.07, 6.45) is 0. The van der Waals surface area contributed by atoms with Crippen LogP contribution in [0, 0.1) is 0 Å². The van der Waals surface area contributed by atoms with Gasteiger partial charge in [0.15, 0.2) is 0 Å². The van der Waals surface area contributed by atoms with E-state index in [9.17, 15) is 27.2 Å². The fourth-order valence-corrected chi connectivity index (χ4v) is 2.05. The van der Waals surface area contributed by atoms with Crippen molar-refractivity contribution in [3.05, 3.63) is 23.5 Å². The van der Waals surface area contributed by atoms with Crippen molar-refractivity contribution in [3.63, 3.8) is 0 Å². The van der Waals surface area contributed by atoms with Gasteiger partial charge >= 0.3 is 22.5 Å². The van der Waals surface area contributed by atoms with E-state index in [0.717, 1.165) is 28.6 Å². The molecule has 0 atom stereocenters. The van der Waals surface area contributed by atoms with Gasteiger partial charge in [-0.1, -0.05) is 0 Å². The minimum Gasteiger partial charge on any atom is -0.464 e. The van der Waals surface area contributed by atoms with E-state index >= 15 is 0 Å². The van der Waals surface area contributed by atoms with E-state index in [2.05, 4.69) is 40.7 Å². The van der Waals surface area contributed by atoms with Crippen molar-refractivity contribution in [1.29, 1.82) is 0 Å². The molecule has 2 aromatic heterocycles. The zero-order valence-electron chi connectivity index (χ0n) is 15.7. The first-order valence-corrected chi connectivity index (χ1v) is 8.60. The van der Waals surface area contributed by atoms with Gasteiger partial charge in [-0.3, -0.25) is 9.36 Å². The Hall–Kier alpha value is -2.55. The second-order valence-corrected chi connectivity index (χ2v) is 6.42. The Balaban J connectivity index is 0.000000300. The van der Waals surface area contributed by atoms with Gasteiger partial charge in [0.2, 0.25) is 11.8 Å². The smallest absolute Gasteiger partial charge is 0.464 e. The molecule has 0 spiro atoms. The minimum absolute atomic E-state index is 0.0178. The van der Waals surface area contributed by atoms with Crippen LogP contribution in [0.4, 0.5) is 17.6 Å². The third-order valence-electron chi connectivity index (χ3n) is 2.94. The quantitative estimate of drug-likeness (QED) is 0.322. The predicted molar refractivity (Wildman–Crippen MR) is 95.0 cm³/mol. The van der Waals surface area contributed by atoms with E-state index in [1.165, 1.54) is 21.2 Å². The molecule has 2 rings (SSSR count). The first-order valence-electron chi connectivity index (χ1n) is 7.43. The Morgan fingerprint density at radius 1 is 0.933 bits per heavy atom. The second kappa shape index (κ2) is 9.97. The van der Waals surface area contributed by atoms with Gasteiger partial charge in [0.25, 0.3) is 0 Å². The Labute approximate surface area is 179 Å². The van der Waals surface area contributed by atoms with Crippen molar-refractivity contribution < 1.29 is 46.1 Å². The highest BCUT2D eigenvalue weighted by Gasteiger charge is 2.30. The first kappa shape index (κ1) is 25.5. The molecular formula is C14H14BrClF4N4O6. The molecule has 0 aliphatic rings. The third kappa shape index (κ3) is 8.06. The SMILES string of the molecule is COC(=O)c1cc(OC(F)(F)Br)nn1C.COC(=O)c1cc(OC(F)(F)Cl)nn1C. The molecule has 0 saturated heterocycles. The number of rotatable bonds is 6. The summed E-state index contributed by atoms with van der Waals surface area (Å²) in [7, 11) is 5.12. The lowest BCUT2D eigenvalue weighted by molar-refractivity contribution is -0.0994. The number of aryl methyl sites for hydroxylation is 2. The third-order valence-corrected chi connectivity index (χ3v) is 3.18. The average Bonchev–Trinajstić information content (AvgIpc) is 3.13. The molecule has 0 N–H and O–H groups in total. The highest BCUT2D eigenvalue weighted by atomic mass is 79.9. The highest BCUT2D eigenvalue weighted by Crippen LogP contribution is 2.26. The molecular weight excluding hydrogens is 512 g/mol. The lowest BCUT2D eigenvalue weighted by Crippen LogP contribution is -2.16. The van der Waals surface area contributed by atoms with Crippen LogP contribution in [0.2, 0.25) is 0 Å². The Morgan fingerprint density at radius 2 is 1.30 bits per heavy atom. The summed E-state index contributed by atoms with van der Waals surface area (Å²) in [5, 5.41) is 3.52. The summed E-state index contributed by atoms with van der Waals surface area (Å²) in [6, 6.07) is 2.06. The number of aromatic nitrogens is 4. The van der Waals surface area contributed by atoms with E-state index in [-0.39, 0.29) is 17.3 Å². The van der Waals surface area contributed by atoms with Crippen LogP contribution in [0.1, 0.15) is 21.0 Å². The molecule has 0 aromatic carbocycles. The molecule has 0 saturated carbocycles. The van der Waals surface area contributed by atoms with E-state index in [1.54, 1.807) is 0 Å². The topological polar surface area (TPSA) is 107 Å². The number of hydrogen-bond donors (Lipinski definition) is 0. The van der Waals surface area contributed by atoms with Crippen LogP contribution in [-0.4, -0.2) is 56.3 Å². The molecule has 0 radical (unpaired) electrons. The van der Waals surface area contributed by atoms with Gasteiger partial charge in [-0.05, 0) is 0 Å². The van der Waals surface area contributed by atoms with Gasteiger partial charge in [-0.15, -0.1) is 19.0 Å². The maximum Gasteiger partial charge on any atom is 0.488 e. The molecule has 2 heterocycles. The molecule has 30 heavy (non-hydrogen) atoms. The van der Waals surface area contributed by atoms with Gasteiger partial charge in [0, 0.05) is 53.8 Å². The normalized spacial score (nSPS) is 11.3. The first-order chi connectivity index (χ1) is 13.7. The largest absolute Gasteiger partial charge is 0.488 e. The summed E-state index contributed by atoms with van der Waals surface area (Å²) in [4.78, 5) is 22.1. The molecule has 2 aromatic rings. The number of alkyl halides is 6. The molecule has 168 valence electrons. The molecule has 0 unspecified atom stereocenters. The standard InChI is InChI=1S/C7H7BrF2N2O3.C7H7ClF2N2O3/c2*1-12-4(6(13)14-2)3-5(11-12)15-7(8,9)10/h2*3H,1-2H3. The number of ether oxygens (including phenoxy) is 4. The van der Waals surface area contributed by atoms with E-state index in [4.69, 9.17) is 0 Å². The van der Waals surface area contributed by atoms with Crippen LogP contribution >= 0.6 is 27.5 Å². The Morgan fingerprint density at radius 3 is 1.60 bits per heavy atom. The number of carbonyl (C=O) groups excluding carboxylic acids is 2. The summed E-state index contributed by atoms with van der Waals surface area (Å²) >= 11 is 6.50. The van der Waals surface area contributed by atoms with Crippen molar-refractivity contribution in [1.82, 2.24) is 19.6 Å². The number of carbonyl (C=O) groups is 2. The van der Waals surface area contributed by atoms with Crippen LogP contribution in [-0.2, 0) is 23.6 Å². The molecule has 16 heteroatoms. The zero-order chi connectivity index (χ0) is 23.3. The summed E-state index contributed by atoms with van der Waals surface area (Å²) < 4.78 is 68.1. The summed E-state index contributed by atoms with van der Waals surface area (Å²) in [5.41, 5.74) is -3.86. The van der Waals surface area contributed by atoms with Crippen LogP contribution in [0.5, 0.6) is 11.8 Å². The number of halogens is 6. The maximum absolute atomic E-state index is 12.4. The lowest BCUT2D eigenvalue weighted by atomic mass is 10.4. The van der Waals surface area contributed by atoms with Crippen molar-refractivity contribution in [2.24, 2.45) is 14.1 Å². The van der Waals surface area contributed by atoms with Crippen LogP contribution < -0.4 is 9.47 Å². The monoisotopic (exact) mass is 524 g/mol. The van der Waals surface area contributed by atoms with E-state index < -0.39 is 28.4 Å². The molecule has 0 bridgehead atoms. The van der Waals surface area contributed by atoms with Gasteiger partial charge < -0.3 is 18.9 Å². The van der Waals surface area contributed by atoms with Crippen molar-refractivity contribution in [3.8, 4) is 11.8 Å². The number of esters is 2. The fraction of sp³-hybridized carbons (Fsp3) is 0.429. The summed E-state index contributed by atoms with van der Waals surface area (Å²) in [6.45, 7) is 0. The average molecular weight is 526 g/mol. The number of hydrogen-bond acceptors (Lipinski definition) is 8. The molecule has 10 nitrogen and oxygen atoms in total. The Bertz CT molecular complexity index is 824. The number of nitrogens with zero attached hydrogens (tertiary/aromatic N) is 4. The lowest BCUT2D eigenvalue weighted by Gasteiger charge is -2.06. The maximum atomic E-state index is 12.4. The van der Waals surface area contributed by atoms with Crippen molar-refractivity contribution in [2.45, 2.75) is 10.6 Å². The molecule has 0 aliphatic carbocycles. The van der Waals surface area contributed by atoms with E-state index in [0.29, 0.717) is 0 Å². The number of methoxy groups -OCH3 is 2. The van der Waals surface area contributed by atoms with Gasteiger partial charge in [0.05, 0.1) is 14.2 Å². The zero-order valence-corrected chi connectivity index (χ0v) is 18.0. The van der Waals surface area contributed by atoms with Gasteiger partial charge in [0.1, 0.15) is 11.4 Å². The summed E-state index contributed by atoms with van der Waals surface area (Å²) in [5.74, 6) is -2.23. The van der Waals surface area contributed by atoms with E-state index in [1.807, 2.05) is 15.9 Å². The van der Waals surface area contributed by atoms with Gasteiger partial charge in [-0.25, -0.2) is 9.59 Å². The Kier molecular flexibility index (Phi) is 8.47. The molecule has 0 aliphatic heterocycles. The van der Waals surface area contributed by atoms with Gasteiger partial charge in [-0.2, -0.15) is 8.78 Å². The van der Waals surface area contributed by atoms with Crippen molar-refractivity contribution in [2.75, 3.05) is 14.2 Å². The van der Waals surface area contributed by atoms with Crippen LogP contribution in [0.25, 0.3) is 0 Å². The van der Waals surface area contributed by atoms with Crippen LogP contribution in [0.15, 0.2) is 12.1 Å². The minimum atomic E-state index is -3.86. The van der Waals surface area contributed by atoms with Crippen LogP contribution in [0.3, 0.4) is 0 Å². The predicted octanol–water partition coefficient (Wildman–Crippen LogP) is 2.91. The van der Waals surface area contributed by atoms with Crippen molar-refractivity contribution >= 4 is 39.5 Å². The fourth-order valence-electron chi connectivity index (χ4n) is 1.81. The highest BCUT2D eigenvalue weighted by molar-refractivity contribution is 9.09. The molecule has 0 amide bonds.